The normalized spacial score (nSPS) is 14.1. The molecule has 0 radical (unpaired) electrons. The van der Waals surface area contributed by atoms with Gasteiger partial charge in [0.25, 0.3) is 0 Å². The second-order valence-corrected chi connectivity index (χ2v) is 21.6. The van der Waals surface area contributed by atoms with Crippen molar-refractivity contribution in [3.8, 4) is 0 Å². The van der Waals surface area contributed by atoms with Crippen LogP contribution >= 0.6 is 7.82 Å². The van der Waals surface area contributed by atoms with E-state index in [0.29, 0.717) is 19.3 Å². The molecule has 2 N–H and O–H groups in total. The largest absolute Gasteiger partial charge is 0.472 e. The summed E-state index contributed by atoms with van der Waals surface area (Å²) in [7, 11) is -4.77. The van der Waals surface area contributed by atoms with Crippen LogP contribution < -0.4 is 0 Å². The van der Waals surface area contributed by atoms with Crippen LogP contribution in [0.5, 0.6) is 0 Å². The van der Waals surface area contributed by atoms with Crippen LogP contribution in [-0.4, -0.2) is 66.5 Å². The SMILES string of the molecule is CC/C=C\C/C=C\C/C=C\C/C=C\CCCCCCC(=O)OCC(COP(=O)(O)OCC(CO)OC(=O)CCCCCCC/C=C\C/C=C\C/C=C\CC)OC(=O)CCCCCCCCCCC/C=C\C/C=C\CCCCC. The summed E-state index contributed by atoms with van der Waals surface area (Å²) in [6, 6.07) is 0. The van der Waals surface area contributed by atoms with Gasteiger partial charge in [0.1, 0.15) is 12.7 Å². The Kier molecular flexibility index (Phi) is 56.3. The van der Waals surface area contributed by atoms with E-state index in [1.165, 1.54) is 57.8 Å². The minimum absolute atomic E-state index is 0.151. The van der Waals surface area contributed by atoms with Gasteiger partial charge >= 0.3 is 25.7 Å². The summed E-state index contributed by atoms with van der Waals surface area (Å²) < 4.78 is 39.6. The molecular formula is C66H111O11P. The third-order valence-corrected chi connectivity index (χ3v) is 13.6. The van der Waals surface area contributed by atoms with E-state index in [4.69, 9.17) is 23.3 Å². The number of phosphoric ester groups is 1. The van der Waals surface area contributed by atoms with E-state index >= 15 is 0 Å². The fourth-order valence-electron chi connectivity index (χ4n) is 8.04. The molecule has 0 aliphatic rings. The van der Waals surface area contributed by atoms with Gasteiger partial charge in [-0.15, -0.1) is 0 Å². The molecule has 0 saturated carbocycles. The first-order valence-corrected chi connectivity index (χ1v) is 32.3. The summed E-state index contributed by atoms with van der Waals surface area (Å²) in [5, 5.41) is 9.83. The van der Waals surface area contributed by atoms with Crippen molar-refractivity contribution in [1.29, 1.82) is 0 Å². The molecule has 0 aliphatic carbocycles. The second kappa shape index (κ2) is 59.3. The molecule has 0 aromatic heterocycles. The number of esters is 3. The summed E-state index contributed by atoms with van der Waals surface area (Å²) in [6.45, 7) is 4.35. The van der Waals surface area contributed by atoms with Crippen LogP contribution in [0.15, 0.2) is 109 Å². The Labute approximate surface area is 475 Å². The molecule has 0 saturated heterocycles. The van der Waals surface area contributed by atoms with Crippen molar-refractivity contribution in [2.75, 3.05) is 26.4 Å². The molecule has 0 spiro atoms. The maximum absolute atomic E-state index is 12.9. The van der Waals surface area contributed by atoms with Gasteiger partial charge in [-0.1, -0.05) is 220 Å². The number of ether oxygens (including phenoxy) is 3. The fraction of sp³-hybridized carbons (Fsp3) is 0.682. The van der Waals surface area contributed by atoms with E-state index in [-0.39, 0.29) is 25.9 Å². The third-order valence-electron chi connectivity index (χ3n) is 12.7. The van der Waals surface area contributed by atoms with Crippen molar-refractivity contribution in [1.82, 2.24) is 0 Å². The zero-order valence-electron chi connectivity index (χ0n) is 49.3. The molecule has 0 aromatic carbocycles. The molecule has 78 heavy (non-hydrogen) atoms. The van der Waals surface area contributed by atoms with E-state index in [9.17, 15) is 28.9 Å². The number of aliphatic hydroxyl groups excluding tert-OH is 1. The second-order valence-electron chi connectivity index (χ2n) is 20.1. The average Bonchev–Trinajstić information content (AvgIpc) is 3.43. The van der Waals surface area contributed by atoms with Crippen LogP contribution in [0.4, 0.5) is 0 Å². The summed E-state index contributed by atoms with van der Waals surface area (Å²) >= 11 is 0. The predicted molar refractivity (Wildman–Crippen MR) is 325 cm³/mol. The number of aliphatic hydroxyl groups is 1. The van der Waals surface area contributed by atoms with Crippen LogP contribution in [0, 0.1) is 0 Å². The lowest BCUT2D eigenvalue weighted by molar-refractivity contribution is -0.161. The number of carbonyl (C=O) groups is 3. The van der Waals surface area contributed by atoms with E-state index in [1.807, 2.05) is 0 Å². The topological polar surface area (TPSA) is 155 Å². The van der Waals surface area contributed by atoms with Crippen LogP contribution in [0.25, 0.3) is 0 Å². The van der Waals surface area contributed by atoms with E-state index in [0.717, 1.165) is 135 Å². The van der Waals surface area contributed by atoms with Gasteiger partial charge in [-0.2, -0.15) is 0 Å². The Balaban J connectivity index is 4.78. The number of hydrogen-bond donors (Lipinski definition) is 2. The molecule has 0 aliphatic heterocycles. The lowest BCUT2D eigenvalue weighted by Gasteiger charge is -2.21. The molecule has 0 fully saturated rings. The number of carbonyl (C=O) groups excluding carboxylic acids is 3. The zero-order chi connectivity index (χ0) is 56.9. The number of rotatable bonds is 56. The molecule has 0 aromatic rings. The maximum atomic E-state index is 12.9. The minimum atomic E-state index is -4.77. The molecular weight excluding hydrogens is 1000 g/mol. The smallest absolute Gasteiger partial charge is 0.462 e. The molecule has 3 atom stereocenters. The predicted octanol–water partition coefficient (Wildman–Crippen LogP) is 18.6. The van der Waals surface area contributed by atoms with E-state index in [2.05, 4.69) is 130 Å². The van der Waals surface area contributed by atoms with Crippen molar-refractivity contribution in [2.45, 2.75) is 264 Å². The van der Waals surface area contributed by atoms with Gasteiger partial charge < -0.3 is 24.2 Å². The van der Waals surface area contributed by atoms with Crippen molar-refractivity contribution in [3.63, 3.8) is 0 Å². The lowest BCUT2D eigenvalue weighted by atomic mass is 10.1. The first-order chi connectivity index (χ1) is 38.2. The van der Waals surface area contributed by atoms with E-state index in [1.54, 1.807) is 0 Å². The number of phosphoric acid groups is 1. The number of unbranched alkanes of at least 4 members (excludes halogenated alkanes) is 21. The first-order valence-electron chi connectivity index (χ1n) is 30.8. The molecule has 0 amide bonds. The highest BCUT2D eigenvalue weighted by Gasteiger charge is 2.28. The van der Waals surface area contributed by atoms with Gasteiger partial charge in [0, 0.05) is 19.3 Å². The Hall–Kier alpha value is -3.86. The van der Waals surface area contributed by atoms with Crippen LogP contribution in [-0.2, 0) is 42.2 Å². The van der Waals surface area contributed by atoms with Crippen molar-refractivity contribution in [3.05, 3.63) is 109 Å². The fourth-order valence-corrected chi connectivity index (χ4v) is 8.82. The molecule has 446 valence electrons. The van der Waals surface area contributed by atoms with Gasteiger partial charge in [0.05, 0.1) is 19.8 Å². The van der Waals surface area contributed by atoms with Gasteiger partial charge in [-0.05, 0) is 122 Å². The van der Waals surface area contributed by atoms with Crippen LogP contribution in [0.2, 0.25) is 0 Å². The van der Waals surface area contributed by atoms with Gasteiger partial charge in [0.15, 0.2) is 6.10 Å². The summed E-state index contributed by atoms with van der Waals surface area (Å²) in [4.78, 5) is 48.7. The summed E-state index contributed by atoms with van der Waals surface area (Å²) in [6.07, 6.45) is 71.8. The molecule has 3 unspecified atom stereocenters. The highest BCUT2D eigenvalue weighted by molar-refractivity contribution is 7.47. The summed E-state index contributed by atoms with van der Waals surface area (Å²) in [5.41, 5.74) is 0. The molecule has 12 heteroatoms. The molecule has 11 nitrogen and oxygen atoms in total. The molecule has 0 rings (SSSR count). The Bertz CT molecular complexity index is 1720. The third kappa shape index (κ3) is 56.8. The van der Waals surface area contributed by atoms with Crippen molar-refractivity contribution >= 4 is 25.7 Å². The lowest BCUT2D eigenvalue weighted by Crippen LogP contribution is -2.30. The summed E-state index contributed by atoms with van der Waals surface area (Å²) in [5.74, 6) is -1.52. The molecule has 0 bridgehead atoms. The maximum Gasteiger partial charge on any atom is 0.472 e. The number of hydrogen-bond acceptors (Lipinski definition) is 10. The quantitative estimate of drug-likeness (QED) is 0.0197. The van der Waals surface area contributed by atoms with Crippen LogP contribution in [0.3, 0.4) is 0 Å². The minimum Gasteiger partial charge on any atom is -0.462 e. The Morgan fingerprint density at radius 1 is 0.372 bits per heavy atom. The molecule has 0 heterocycles. The highest BCUT2D eigenvalue weighted by atomic mass is 31.2. The van der Waals surface area contributed by atoms with Gasteiger partial charge in [-0.25, -0.2) is 4.57 Å². The van der Waals surface area contributed by atoms with E-state index < -0.39 is 57.8 Å². The number of allylic oxidation sites excluding steroid dienone is 18. The average molecular weight is 1110 g/mol. The van der Waals surface area contributed by atoms with Crippen molar-refractivity contribution in [2.24, 2.45) is 0 Å². The van der Waals surface area contributed by atoms with Gasteiger partial charge in [-0.3, -0.25) is 23.4 Å². The van der Waals surface area contributed by atoms with Crippen LogP contribution in [0.1, 0.15) is 252 Å². The highest BCUT2D eigenvalue weighted by Crippen LogP contribution is 2.43. The van der Waals surface area contributed by atoms with Crippen molar-refractivity contribution < 1.29 is 52.2 Å². The Morgan fingerprint density at radius 3 is 1.03 bits per heavy atom. The Morgan fingerprint density at radius 2 is 0.667 bits per heavy atom. The zero-order valence-corrected chi connectivity index (χ0v) is 50.2. The monoisotopic (exact) mass is 1110 g/mol. The first kappa shape index (κ1) is 74.1. The van der Waals surface area contributed by atoms with Gasteiger partial charge in [0.2, 0.25) is 0 Å². The standard InChI is InChI=1S/C66H111O11P/c1-4-7-10-13-16-19-22-25-28-30-31-33-36-39-42-45-48-51-54-57-66(70)77-63(59-73-64(68)55-52-49-46-43-40-37-35-32-29-26-23-20-17-14-11-8-5-2)61-75-78(71,72)74-60-62(58-67)76-65(69)56-53-50-47-44-41-38-34-27-24-21-18-15-12-9-6-3/h8-9,11-12,16-21,25-29,34-35,37,62-63,67H,4-7,10,13-15,22-24,30-33,36,38-61H2,1-3H3,(H,71,72)/b11-8-,12-9-,19-16-,20-17-,21-18-,28-25-,29-26-,34-27-,37-35-.